The lowest BCUT2D eigenvalue weighted by molar-refractivity contribution is 0.126. The van der Waals surface area contributed by atoms with E-state index < -0.39 is 5.66 Å². The lowest BCUT2D eigenvalue weighted by Crippen LogP contribution is -2.46. The van der Waals surface area contributed by atoms with Gasteiger partial charge in [0, 0.05) is 31.8 Å². The highest BCUT2D eigenvalue weighted by molar-refractivity contribution is 5.79. The highest BCUT2D eigenvalue weighted by Gasteiger charge is 2.26. The van der Waals surface area contributed by atoms with E-state index in [9.17, 15) is 0 Å². The quantitative estimate of drug-likeness (QED) is 0.818. The maximum Gasteiger partial charge on any atom is 0.108 e. The molecule has 1 fully saturated rings. The molecule has 0 amide bonds. The van der Waals surface area contributed by atoms with Crippen LogP contribution in [0.1, 0.15) is 52.9 Å². The summed E-state index contributed by atoms with van der Waals surface area (Å²) in [6.07, 6.45) is 10.1. The molecule has 4 heteroatoms. The van der Waals surface area contributed by atoms with Gasteiger partial charge in [-0.15, -0.1) is 0 Å². The summed E-state index contributed by atoms with van der Waals surface area (Å²) in [6, 6.07) is 0.766. The molecule has 21 heavy (non-hydrogen) atoms. The van der Waals surface area contributed by atoms with Crippen molar-refractivity contribution in [2.75, 3.05) is 26.2 Å². The Hall–Kier alpha value is -0.870. The molecule has 2 aliphatic rings. The number of rotatable bonds is 6. The first-order chi connectivity index (χ1) is 10.1. The van der Waals surface area contributed by atoms with E-state index in [0.717, 1.165) is 25.6 Å². The van der Waals surface area contributed by atoms with Crippen LogP contribution in [0.5, 0.6) is 0 Å². The number of allylic oxidation sites excluding steroid dienone is 1. The monoisotopic (exact) mass is 292 g/mol. The molecule has 0 radical (unpaired) electrons. The lowest BCUT2D eigenvalue weighted by Gasteiger charge is -2.40. The molecule has 1 unspecified atom stereocenters. The van der Waals surface area contributed by atoms with Crippen LogP contribution in [0.2, 0.25) is 0 Å². The van der Waals surface area contributed by atoms with Gasteiger partial charge in [-0.05, 0) is 45.7 Å². The lowest BCUT2D eigenvalue weighted by atomic mass is 10.0. The summed E-state index contributed by atoms with van der Waals surface area (Å²) in [5, 5.41) is 0. The van der Waals surface area contributed by atoms with Crippen molar-refractivity contribution < 1.29 is 0 Å². The summed E-state index contributed by atoms with van der Waals surface area (Å²) >= 11 is 0. The molecule has 2 aliphatic heterocycles. The van der Waals surface area contributed by atoms with E-state index in [1.807, 2.05) is 13.1 Å². The number of nitrogens with zero attached hydrogens (tertiary/aromatic N) is 3. The van der Waals surface area contributed by atoms with Gasteiger partial charge in [-0.3, -0.25) is 4.99 Å². The Morgan fingerprint density at radius 2 is 1.90 bits per heavy atom. The van der Waals surface area contributed by atoms with Gasteiger partial charge >= 0.3 is 0 Å². The maximum atomic E-state index is 6.03. The molecule has 0 spiro atoms. The van der Waals surface area contributed by atoms with Gasteiger partial charge in [0.15, 0.2) is 0 Å². The van der Waals surface area contributed by atoms with Crippen molar-refractivity contribution in [2.45, 2.75) is 64.6 Å². The Morgan fingerprint density at radius 1 is 1.29 bits per heavy atom. The van der Waals surface area contributed by atoms with E-state index in [1.165, 1.54) is 44.5 Å². The molecule has 0 saturated carbocycles. The minimum Gasteiger partial charge on any atom is -0.370 e. The van der Waals surface area contributed by atoms with Crippen molar-refractivity contribution in [2.24, 2.45) is 10.7 Å². The van der Waals surface area contributed by atoms with Crippen molar-refractivity contribution in [1.82, 2.24) is 9.80 Å². The van der Waals surface area contributed by atoms with Gasteiger partial charge in [-0.2, -0.15) is 0 Å². The van der Waals surface area contributed by atoms with Crippen LogP contribution in [0.4, 0.5) is 0 Å². The van der Waals surface area contributed by atoms with Gasteiger partial charge in [0.1, 0.15) is 5.66 Å². The Kier molecular flexibility index (Phi) is 5.82. The normalized spacial score (nSPS) is 27.3. The third-order valence-corrected chi connectivity index (χ3v) is 4.58. The highest BCUT2D eigenvalue weighted by atomic mass is 15.2. The van der Waals surface area contributed by atoms with Gasteiger partial charge in [-0.25, -0.2) is 0 Å². The second-order valence-corrected chi connectivity index (χ2v) is 6.70. The highest BCUT2D eigenvalue weighted by Crippen LogP contribution is 2.23. The van der Waals surface area contributed by atoms with Crippen LogP contribution in [-0.4, -0.2) is 53.9 Å². The SMILES string of the molecule is CCCN(CCC)C1CCN(C2=CCC(C)(N)N=C2)CC1. The third kappa shape index (κ3) is 4.55. The predicted molar refractivity (Wildman–Crippen MR) is 90.5 cm³/mol. The van der Waals surface area contributed by atoms with Gasteiger partial charge in [0.25, 0.3) is 0 Å². The van der Waals surface area contributed by atoms with Gasteiger partial charge < -0.3 is 15.5 Å². The number of nitrogens with two attached hydrogens (primary N) is 1. The fourth-order valence-corrected chi connectivity index (χ4v) is 3.38. The van der Waals surface area contributed by atoms with E-state index in [-0.39, 0.29) is 0 Å². The molecule has 4 nitrogen and oxygen atoms in total. The summed E-state index contributed by atoms with van der Waals surface area (Å²) in [4.78, 5) is 9.63. The van der Waals surface area contributed by atoms with E-state index >= 15 is 0 Å². The molecule has 1 atom stereocenters. The van der Waals surface area contributed by atoms with Crippen molar-refractivity contribution in [3.63, 3.8) is 0 Å². The van der Waals surface area contributed by atoms with Crippen LogP contribution in [0.15, 0.2) is 16.8 Å². The van der Waals surface area contributed by atoms with Crippen molar-refractivity contribution in [3.8, 4) is 0 Å². The summed E-state index contributed by atoms with van der Waals surface area (Å²) in [5.74, 6) is 0. The van der Waals surface area contributed by atoms with Crippen molar-refractivity contribution >= 4 is 6.21 Å². The number of dihydropyridines is 1. The Bertz CT molecular complexity index is 372. The zero-order chi connectivity index (χ0) is 15.3. The molecule has 0 bridgehead atoms. The third-order valence-electron chi connectivity index (χ3n) is 4.58. The van der Waals surface area contributed by atoms with E-state index in [2.05, 4.69) is 34.7 Å². The smallest absolute Gasteiger partial charge is 0.108 e. The van der Waals surface area contributed by atoms with Crippen LogP contribution >= 0.6 is 0 Å². The number of piperidine rings is 1. The first-order valence-corrected chi connectivity index (χ1v) is 8.59. The van der Waals surface area contributed by atoms with Crippen LogP contribution in [0, 0.1) is 0 Å². The molecular formula is C17H32N4. The minimum atomic E-state index is -0.402. The average Bonchev–Trinajstić information content (AvgIpc) is 2.47. The van der Waals surface area contributed by atoms with Gasteiger partial charge in [0.2, 0.25) is 0 Å². The number of hydrogen-bond donors (Lipinski definition) is 1. The number of aliphatic imine (C=N–C) groups is 1. The fraction of sp³-hybridized carbons (Fsp3) is 0.824. The van der Waals surface area contributed by atoms with E-state index in [0.29, 0.717) is 0 Å². The molecule has 2 heterocycles. The molecule has 2 N–H and O–H groups in total. The summed E-state index contributed by atoms with van der Waals surface area (Å²) in [7, 11) is 0. The minimum absolute atomic E-state index is 0.402. The number of hydrogen-bond acceptors (Lipinski definition) is 4. The average molecular weight is 292 g/mol. The van der Waals surface area contributed by atoms with Gasteiger partial charge in [-0.1, -0.05) is 19.9 Å². The number of likely N-dealkylation sites (tertiary alicyclic amines) is 1. The topological polar surface area (TPSA) is 44.9 Å². The zero-order valence-corrected chi connectivity index (χ0v) is 14.0. The largest absolute Gasteiger partial charge is 0.370 e. The second kappa shape index (κ2) is 7.41. The van der Waals surface area contributed by atoms with Gasteiger partial charge in [0.05, 0.1) is 5.70 Å². The zero-order valence-electron chi connectivity index (χ0n) is 14.0. The standard InChI is InChI=1S/C17H32N4/c1-4-10-20(11-5-2)15-7-12-21(13-8-15)16-6-9-17(3,18)19-14-16/h6,14-15H,4-5,7-13,18H2,1-3H3. The van der Waals surface area contributed by atoms with Crippen molar-refractivity contribution in [1.29, 1.82) is 0 Å². The molecular weight excluding hydrogens is 260 g/mol. The first-order valence-electron chi connectivity index (χ1n) is 8.59. The van der Waals surface area contributed by atoms with Crippen molar-refractivity contribution in [3.05, 3.63) is 11.8 Å². The molecule has 2 rings (SSSR count). The van der Waals surface area contributed by atoms with E-state index in [4.69, 9.17) is 5.73 Å². The van der Waals surface area contributed by atoms with Crippen LogP contribution in [0.3, 0.4) is 0 Å². The Balaban J connectivity index is 1.86. The summed E-state index contributed by atoms with van der Waals surface area (Å²) in [5.41, 5.74) is 6.90. The molecule has 0 aliphatic carbocycles. The Morgan fingerprint density at radius 3 is 2.38 bits per heavy atom. The Labute approximate surface area is 130 Å². The molecule has 1 saturated heterocycles. The molecule has 0 aromatic rings. The predicted octanol–water partition coefficient (Wildman–Crippen LogP) is 2.61. The molecule has 0 aromatic heterocycles. The van der Waals surface area contributed by atoms with Crippen LogP contribution < -0.4 is 5.73 Å². The summed E-state index contributed by atoms with van der Waals surface area (Å²) in [6.45, 7) is 11.3. The molecule has 120 valence electrons. The summed E-state index contributed by atoms with van der Waals surface area (Å²) < 4.78 is 0. The first kappa shape index (κ1) is 16.5. The second-order valence-electron chi connectivity index (χ2n) is 6.70. The fourth-order valence-electron chi connectivity index (χ4n) is 3.38. The van der Waals surface area contributed by atoms with Crippen LogP contribution in [0.25, 0.3) is 0 Å². The molecule has 0 aromatic carbocycles. The van der Waals surface area contributed by atoms with E-state index in [1.54, 1.807) is 0 Å². The van der Waals surface area contributed by atoms with Crippen LogP contribution in [-0.2, 0) is 0 Å². The maximum absolute atomic E-state index is 6.03.